The first-order valence-corrected chi connectivity index (χ1v) is 8.48. The topological polar surface area (TPSA) is 77.3 Å². The minimum Gasteiger partial charge on any atom is -0.381 e. The molecule has 1 N–H and O–H groups in total. The number of hydrogen-bond acceptors (Lipinski definition) is 5. The van der Waals surface area contributed by atoms with Crippen LogP contribution in [0.15, 0.2) is 35.2 Å². The van der Waals surface area contributed by atoms with Crippen LogP contribution in [0, 0.1) is 5.92 Å². The molecule has 2 heterocycles. The molecule has 0 spiro atoms. The molecule has 0 radical (unpaired) electrons. The number of carbonyl (C=O) groups excluding carboxylic acids is 1. The largest absolute Gasteiger partial charge is 0.381 e. The van der Waals surface area contributed by atoms with Gasteiger partial charge in [-0.1, -0.05) is 28.9 Å². The Kier molecular flexibility index (Phi) is 4.02. The van der Waals surface area contributed by atoms with Crippen LogP contribution < -0.4 is 5.32 Å². The molecule has 6 nitrogen and oxygen atoms in total. The third-order valence-electron chi connectivity index (χ3n) is 4.92. The standard InChI is InChI=1S/C17H18ClN3O3/c18-12-3-1-11(2-4-12)13-9-14(13)15(22)20-17(5-7-23-8-6-17)16-19-10-24-21-16/h1-4,10,13-14H,5-9H2,(H,20,22). The van der Waals surface area contributed by atoms with Gasteiger partial charge >= 0.3 is 0 Å². The lowest BCUT2D eigenvalue weighted by Gasteiger charge is -2.35. The number of nitrogens with one attached hydrogen (secondary N) is 1. The van der Waals surface area contributed by atoms with E-state index in [-0.39, 0.29) is 17.7 Å². The van der Waals surface area contributed by atoms with E-state index in [0.717, 1.165) is 12.0 Å². The summed E-state index contributed by atoms with van der Waals surface area (Å²) in [5.74, 6) is 0.812. The highest BCUT2D eigenvalue weighted by atomic mass is 35.5. The van der Waals surface area contributed by atoms with E-state index in [2.05, 4.69) is 15.5 Å². The van der Waals surface area contributed by atoms with Crippen LogP contribution in [0.3, 0.4) is 0 Å². The van der Waals surface area contributed by atoms with Crippen molar-refractivity contribution in [2.75, 3.05) is 13.2 Å². The lowest BCUT2D eigenvalue weighted by atomic mass is 9.88. The van der Waals surface area contributed by atoms with Crippen LogP contribution in [-0.4, -0.2) is 29.3 Å². The number of hydrogen-bond donors (Lipinski definition) is 1. The fourth-order valence-corrected chi connectivity index (χ4v) is 3.52. The monoisotopic (exact) mass is 347 g/mol. The van der Waals surface area contributed by atoms with Gasteiger partial charge in [0.1, 0.15) is 5.54 Å². The molecule has 0 bridgehead atoms. The summed E-state index contributed by atoms with van der Waals surface area (Å²) in [6, 6.07) is 7.71. The maximum Gasteiger partial charge on any atom is 0.224 e. The van der Waals surface area contributed by atoms with Gasteiger partial charge in [0.15, 0.2) is 5.82 Å². The zero-order valence-corrected chi connectivity index (χ0v) is 13.8. The highest BCUT2D eigenvalue weighted by Crippen LogP contribution is 2.48. The highest BCUT2D eigenvalue weighted by Gasteiger charge is 2.48. The Morgan fingerprint density at radius 3 is 2.67 bits per heavy atom. The van der Waals surface area contributed by atoms with E-state index in [4.69, 9.17) is 20.9 Å². The molecule has 2 aliphatic rings. The van der Waals surface area contributed by atoms with E-state index in [1.54, 1.807) is 0 Å². The van der Waals surface area contributed by atoms with E-state index in [1.165, 1.54) is 6.39 Å². The van der Waals surface area contributed by atoms with Crippen molar-refractivity contribution in [1.82, 2.24) is 15.5 Å². The first-order valence-electron chi connectivity index (χ1n) is 8.10. The SMILES string of the molecule is O=C(NC1(c2ncon2)CCOCC1)C1CC1c1ccc(Cl)cc1. The van der Waals surface area contributed by atoms with Crippen molar-refractivity contribution in [3.05, 3.63) is 47.1 Å². The Morgan fingerprint density at radius 2 is 2.00 bits per heavy atom. The number of rotatable bonds is 4. The lowest BCUT2D eigenvalue weighted by Crippen LogP contribution is -2.50. The van der Waals surface area contributed by atoms with Crippen molar-refractivity contribution in [2.45, 2.75) is 30.7 Å². The predicted molar refractivity (Wildman–Crippen MR) is 86.5 cm³/mol. The fraction of sp³-hybridized carbons (Fsp3) is 0.471. The van der Waals surface area contributed by atoms with Gasteiger partial charge in [-0.3, -0.25) is 4.79 Å². The van der Waals surface area contributed by atoms with E-state index in [1.807, 2.05) is 24.3 Å². The molecule has 2 fully saturated rings. The molecule has 1 aliphatic carbocycles. The van der Waals surface area contributed by atoms with Gasteiger partial charge < -0.3 is 14.6 Å². The van der Waals surface area contributed by atoms with Crippen LogP contribution in [0.1, 0.15) is 36.6 Å². The lowest BCUT2D eigenvalue weighted by molar-refractivity contribution is -0.126. The molecule has 1 aromatic carbocycles. The van der Waals surface area contributed by atoms with Gasteiger partial charge in [0.05, 0.1) is 0 Å². The van der Waals surface area contributed by atoms with E-state index >= 15 is 0 Å². The molecule has 1 saturated heterocycles. The van der Waals surface area contributed by atoms with Crippen LogP contribution in [0.5, 0.6) is 0 Å². The van der Waals surface area contributed by atoms with Gasteiger partial charge in [0, 0.05) is 37.0 Å². The molecule has 1 saturated carbocycles. The minimum atomic E-state index is -0.588. The summed E-state index contributed by atoms with van der Waals surface area (Å²) in [5.41, 5.74) is 0.565. The average molecular weight is 348 g/mol. The van der Waals surface area contributed by atoms with Crippen molar-refractivity contribution in [3.63, 3.8) is 0 Å². The molecule has 4 rings (SSSR count). The normalized spacial score (nSPS) is 25.2. The van der Waals surface area contributed by atoms with Crippen molar-refractivity contribution >= 4 is 17.5 Å². The second-order valence-electron chi connectivity index (χ2n) is 6.44. The average Bonchev–Trinajstić information content (AvgIpc) is 3.20. The van der Waals surface area contributed by atoms with Gasteiger partial charge in [-0.05, 0) is 30.0 Å². The van der Waals surface area contributed by atoms with Gasteiger partial charge in [-0.2, -0.15) is 4.98 Å². The van der Waals surface area contributed by atoms with Crippen LogP contribution >= 0.6 is 11.6 Å². The molecule has 2 unspecified atom stereocenters. The zero-order valence-electron chi connectivity index (χ0n) is 13.1. The summed E-state index contributed by atoms with van der Waals surface area (Å²) in [7, 11) is 0. The number of nitrogens with zero attached hydrogens (tertiary/aromatic N) is 2. The molecular weight excluding hydrogens is 330 g/mol. The number of benzene rings is 1. The maximum absolute atomic E-state index is 12.8. The zero-order chi connectivity index (χ0) is 16.6. The van der Waals surface area contributed by atoms with Gasteiger partial charge in [0.2, 0.25) is 12.3 Å². The Balaban J connectivity index is 1.48. The highest BCUT2D eigenvalue weighted by molar-refractivity contribution is 6.30. The summed E-state index contributed by atoms with van der Waals surface area (Å²) >= 11 is 5.93. The molecule has 126 valence electrons. The second-order valence-corrected chi connectivity index (χ2v) is 6.88. The molecule has 2 aromatic rings. The molecule has 1 aliphatic heterocycles. The van der Waals surface area contributed by atoms with Crippen LogP contribution in [0.2, 0.25) is 5.02 Å². The number of aromatic nitrogens is 2. The Morgan fingerprint density at radius 1 is 1.25 bits per heavy atom. The predicted octanol–water partition coefficient (Wildman–Crippen LogP) is 2.65. The summed E-state index contributed by atoms with van der Waals surface area (Å²) in [6.07, 6.45) is 3.45. The summed E-state index contributed by atoms with van der Waals surface area (Å²) in [5, 5.41) is 7.85. The molecular formula is C17H18ClN3O3. The molecule has 2 atom stereocenters. The third kappa shape index (κ3) is 2.91. The summed E-state index contributed by atoms with van der Waals surface area (Å²) < 4.78 is 10.3. The van der Waals surface area contributed by atoms with Crippen molar-refractivity contribution in [3.8, 4) is 0 Å². The number of ether oxygens (including phenoxy) is 1. The number of carbonyl (C=O) groups is 1. The number of halogens is 1. The summed E-state index contributed by atoms with van der Waals surface area (Å²) in [4.78, 5) is 16.9. The van der Waals surface area contributed by atoms with Gasteiger partial charge in [-0.15, -0.1) is 0 Å². The van der Waals surface area contributed by atoms with Crippen LogP contribution in [-0.2, 0) is 15.1 Å². The Bertz CT molecular complexity index is 711. The quantitative estimate of drug-likeness (QED) is 0.920. The molecule has 24 heavy (non-hydrogen) atoms. The van der Waals surface area contributed by atoms with E-state index < -0.39 is 5.54 Å². The first-order chi connectivity index (χ1) is 11.7. The minimum absolute atomic E-state index is 0.0159. The van der Waals surface area contributed by atoms with Crippen molar-refractivity contribution in [2.24, 2.45) is 5.92 Å². The van der Waals surface area contributed by atoms with Crippen LogP contribution in [0.4, 0.5) is 0 Å². The Hall–Kier alpha value is -1.92. The number of amides is 1. The van der Waals surface area contributed by atoms with Crippen LogP contribution in [0.25, 0.3) is 0 Å². The van der Waals surface area contributed by atoms with Crippen molar-refractivity contribution < 1.29 is 14.1 Å². The van der Waals surface area contributed by atoms with Crippen molar-refractivity contribution in [1.29, 1.82) is 0 Å². The third-order valence-corrected chi connectivity index (χ3v) is 5.18. The maximum atomic E-state index is 12.8. The van der Waals surface area contributed by atoms with E-state index in [0.29, 0.717) is 36.9 Å². The Labute approximate surface area is 144 Å². The first kappa shape index (κ1) is 15.6. The summed E-state index contributed by atoms with van der Waals surface area (Å²) in [6.45, 7) is 1.14. The second kappa shape index (κ2) is 6.18. The van der Waals surface area contributed by atoms with Gasteiger partial charge in [-0.25, -0.2) is 0 Å². The van der Waals surface area contributed by atoms with E-state index in [9.17, 15) is 4.79 Å². The fourth-order valence-electron chi connectivity index (χ4n) is 3.40. The molecule has 1 aromatic heterocycles. The molecule has 7 heteroatoms. The smallest absolute Gasteiger partial charge is 0.224 e. The van der Waals surface area contributed by atoms with Gasteiger partial charge in [0.25, 0.3) is 0 Å². The molecule has 1 amide bonds.